The van der Waals surface area contributed by atoms with Crippen molar-refractivity contribution in [2.75, 3.05) is 0 Å². The zero-order valence-electron chi connectivity index (χ0n) is 24.4. The van der Waals surface area contributed by atoms with Crippen LogP contribution in [0.4, 0.5) is 30.7 Å². The molecule has 2 N–H and O–H groups in total. The van der Waals surface area contributed by atoms with Crippen molar-refractivity contribution in [1.82, 2.24) is 29.4 Å². The summed E-state index contributed by atoms with van der Waals surface area (Å²) in [5.74, 6) is -1.48. The maximum atomic E-state index is 14.3. The Kier molecular flexibility index (Phi) is 8.38. The summed E-state index contributed by atoms with van der Waals surface area (Å²) in [4.78, 5) is 23.6. The summed E-state index contributed by atoms with van der Waals surface area (Å²) in [5.41, 5.74) is 2.73. The van der Waals surface area contributed by atoms with Crippen LogP contribution in [0.15, 0.2) is 66.0 Å². The summed E-state index contributed by atoms with van der Waals surface area (Å²) in [6.45, 7) is -2.48. The lowest BCUT2D eigenvalue weighted by molar-refractivity contribution is -0.218. The Morgan fingerprint density at radius 1 is 1.00 bits per heavy atom. The largest absolute Gasteiger partial charge is 0.394 e. The van der Waals surface area contributed by atoms with Gasteiger partial charge < -0.3 is 5.73 Å². The third-order valence-corrected chi connectivity index (χ3v) is 8.25. The average molecular weight is 671 g/mol. The van der Waals surface area contributed by atoms with E-state index in [1.54, 1.807) is 6.92 Å². The van der Waals surface area contributed by atoms with Gasteiger partial charge >= 0.3 is 19.3 Å². The van der Waals surface area contributed by atoms with Crippen LogP contribution in [-0.4, -0.2) is 47.5 Å². The smallest absolute Gasteiger partial charge is 0.369 e. The molecule has 1 aliphatic heterocycles. The van der Waals surface area contributed by atoms with Crippen molar-refractivity contribution in [3.05, 3.63) is 77.2 Å². The van der Waals surface area contributed by atoms with Gasteiger partial charge in [-0.2, -0.15) is 45.6 Å². The van der Waals surface area contributed by atoms with Gasteiger partial charge in [-0.3, -0.25) is 9.69 Å². The first kappa shape index (κ1) is 32.9. The summed E-state index contributed by atoms with van der Waals surface area (Å²) in [6.07, 6.45) is -3.56. The van der Waals surface area contributed by atoms with E-state index < -0.39 is 48.6 Å². The van der Waals surface area contributed by atoms with Crippen LogP contribution >= 0.6 is 11.6 Å². The highest BCUT2D eigenvalue weighted by Gasteiger charge is 2.58. The lowest BCUT2D eigenvalue weighted by Gasteiger charge is -2.36. The van der Waals surface area contributed by atoms with Crippen LogP contribution in [0.3, 0.4) is 0 Å². The van der Waals surface area contributed by atoms with Crippen molar-refractivity contribution in [2.45, 2.75) is 58.0 Å². The molecule has 2 aromatic heterocycles. The first-order valence-electron chi connectivity index (χ1n) is 13.6. The molecule has 3 heterocycles. The number of rotatable bonds is 9. The molecule has 46 heavy (non-hydrogen) atoms. The Morgan fingerprint density at radius 3 is 2.26 bits per heavy atom. The number of benzene rings is 2. The van der Waals surface area contributed by atoms with Crippen LogP contribution < -0.4 is 5.73 Å². The Balaban J connectivity index is 1.56. The van der Waals surface area contributed by atoms with E-state index in [-0.39, 0.29) is 33.6 Å². The molecule has 5 rings (SSSR count). The number of guanidine groups is 1. The summed E-state index contributed by atoms with van der Waals surface area (Å²) < 4.78 is 96.6. The fraction of sp³-hybridized carbons (Fsp3) is 0.345. The van der Waals surface area contributed by atoms with Gasteiger partial charge in [-0.05, 0) is 42.7 Å². The molecule has 244 valence electrons. The summed E-state index contributed by atoms with van der Waals surface area (Å²) in [7, 11) is 0. The molecule has 4 aromatic rings. The highest BCUT2D eigenvalue weighted by atomic mass is 35.5. The second-order valence-electron chi connectivity index (χ2n) is 11.3. The third-order valence-electron chi connectivity index (χ3n) is 7.92. The highest BCUT2D eigenvalue weighted by molar-refractivity contribution is 6.33. The van der Waals surface area contributed by atoms with Crippen LogP contribution in [0.5, 0.6) is 0 Å². The van der Waals surface area contributed by atoms with Crippen molar-refractivity contribution in [3.63, 3.8) is 0 Å². The molecule has 0 saturated carbocycles. The monoisotopic (exact) mass is 670 g/mol. The van der Waals surface area contributed by atoms with Gasteiger partial charge in [-0.15, -0.1) is 0 Å². The highest BCUT2D eigenvalue weighted by Crippen LogP contribution is 2.50. The predicted molar refractivity (Wildman–Crippen MR) is 154 cm³/mol. The minimum absolute atomic E-state index is 0.0555. The van der Waals surface area contributed by atoms with E-state index in [9.17, 15) is 35.5 Å². The molecule has 0 bridgehead atoms. The first-order chi connectivity index (χ1) is 21.5. The minimum Gasteiger partial charge on any atom is -0.369 e. The standard InChI is InChI=1S/C29H26ClF7N8O/c1-15(17-6-9-20(30)19(12-17)22-39-14-40-45(22)25(33)34)44-23(46)28(41-26(44)38,13-27(2,3)29(35,36)37)18-7-4-16(5-8-18)21-10-11-43(42-21)24(31)32/h4-12,14-15,24-25H,13H2,1-3H3,(H2,38,41)/t15-,28+/m0/s1. The van der Waals surface area contributed by atoms with E-state index in [0.29, 0.717) is 20.5 Å². The Morgan fingerprint density at radius 2 is 1.67 bits per heavy atom. The molecule has 9 nitrogen and oxygen atoms in total. The van der Waals surface area contributed by atoms with Crippen molar-refractivity contribution in [1.29, 1.82) is 0 Å². The van der Waals surface area contributed by atoms with E-state index in [2.05, 4.69) is 20.2 Å². The maximum Gasteiger partial charge on any atom is 0.394 e. The molecule has 0 fully saturated rings. The van der Waals surface area contributed by atoms with Crippen LogP contribution in [0.1, 0.15) is 57.5 Å². The SMILES string of the molecule is C[C@@H](c1ccc(Cl)c(-c2ncnn2C(F)F)c1)N1C(=O)[C@@](CC(C)(C)C(F)(F)F)(c2ccc(-c3ccn(C(F)F)n3)cc2)N=C1N. The van der Waals surface area contributed by atoms with Gasteiger partial charge in [-0.25, -0.2) is 14.7 Å². The van der Waals surface area contributed by atoms with E-state index >= 15 is 0 Å². The number of carbonyl (C=O) groups is 1. The molecule has 1 aliphatic rings. The molecule has 1 amide bonds. The van der Waals surface area contributed by atoms with Gasteiger partial charge in [0.2, 0.25) is 0 Å². The van der Waals surface area contributed by atoms with Crippen molar-refractivity contribution in [3.8, 4) is 22.6 Å². The normalized spacial score (nSPS) is 18.2. The molecule has 0 aliphatic carbocycles. The van der Waals surface area contributed by atoms with Gasteiger partial charge in [-0.1, -0.05) is 55.8 Å². The Bertz CT molecular complexity index is 1780. The van der Waals surface area contributed by atoms with E-state index in [1.165, 1.54) is 48.5 Å². The molecule has 0 radical (unpaired) electrons. The van der Waals surface area contributed by atoms with Crippen LogP contribution in [0, 0.1) is 5.41 Å². The van der Waals surface area contributed by atoms with Gasteiger partial charge in [0.05, 0.1) is 22.2 Å². The number of nitrogens with zero attached hydrogens (tertiary/aromatic N) is 7. The number of amides is 1. The number of carbonyl (C=O) groups excluding carboxylic acids is 1. The first-order valence-corrected chi connectivity index (χ1v) is 14.0. The zero-order chi connectivity index (χ0) is 33.8. The minimum atomic E-state index is -4.74. The Labute approximate surface area is 262 Å². The number of hydrogen-bond donors (Lipinski definition) is 1. The molecule has 0 spiro atoms. The number of hydrogen-bond acceptors (Lipinski definition) is 6. The van der Waals surface area contributed by atoms with Crippen molar-refractivity contribution < 1.29 is 35.5 Å². The molecular formula is C29H26ClF7N8O. The fourth-order valence-electron chi connectivity index (χ4n) is 5.35. The summed E-state index contributed by atoms with van der Waals surface area (Å²) >= 11 is 6.30. The second-order valence-corrected chi connectivity index (χ2v) is 11.7. The van der Waals surface area contributed by atoms with Gasteiger partial charge in [0.25, 0.3) is 5.91 Å². The van der Waals surface area contributed by atoms with Crippen LogP contribution in [0.2, 0.25) is 5.02 Å². The lowest BCUT2D eigenvalue weighted by Crippen LogP contribution is -2.47. The number of halogens is 8. The Hall–Kier alpha value is -4.47. The zero-order valence-corrected chi connectivity index (χ0v) is 25.1. The van der Waals surface area contributed by atoms with E-state index in [4.69, 9.17) is 17.3 Å². The van der Waals surface area contributed by atoms with Crippen molar-refractivity contribution in [2.24, 2.45) is 16.1 Å². The van der Waals surface area contributed by atoms with Crippen LogP contribution in [-0.2, 0) is 10.3 Å². The van der Waals surface area contributed by atoms with Crippen LogP contribution in [0.25, 0.3) is 22.6 Å². The fourth-order valence-corrected chi connectivity index (χ4v) is 5.55. The molecule has 2 aromatic carbocycles. The quantitative estimate of drug-likeness (QED) is 0.188. The third kappa shape index (κ3) is 5.69. The lowest BCUT2D eigenvalue weighted by atomic mass is 9.74. The predicted octanol–water partition coefficient (Wildman–Crippen LogP) is 7.34. The molecule has 2 atom stereocenters. The summed E-state index contributed by atoms with van der Waals surface area (Å²) in [5, 5.41) is 7.36. The number of nitrogens with two attached hydrogens (primary N) is 1. The number of alkyl halides is 7. The number of aromatic nitrogens is 5. The summed E-state index contributed by atoms with van der Waals surface area (Å²) in [6, 6.07) is 10.3. The second kappa shape index (κ2) is 11.7. The number of aliphatic imine (C=N–C) groups is 1. The topological polar surface area (TPSA) is 107 Å². The van der Waals surface area contributed by atoms with E-state index in [1.807, 2.05) is 0 Å². The van der Waals surface area contributed by atoms with Gasteiger partial charge in [0.1, 0.15) is 6.33 Å². The van der Waals surface area contributed by atoms with Gasteiger partial charge in [0, 0.05) is 17.3 Å². The molecule has 0 unspecified atom stereocenters. The molecular weight excluding hydrogens is 645 g/mol. The maximum absolute atomic E-state index is 14.3. The van der Waals surface area contributed by atoms with Gasteiger partial charge in [0.15, 0.2) is 17.3 Å². The van der Waals surface area contributed by atoms with E-state index in [0.717, 1.165) is 31.3 Å². The van der Waals surface area contributed by atoms with Crippen molar-refractivity contribution >= 4 is 23.5 Å². The molecule has 0 saturated heterocycles. The molecule has 17 heteroatoms. The average Bonchev–Trinajstić information content (AvgIpc) is 3.72.